The molecule has 0 bridgehead atoms. The molecule has 5 aromatic rings. The second-order valence-electron chi connectivity index (χ2n) is 11.4. The molecule has 0 unspecified atom stereocenters. The molecule has 10 heteroatoms. The Morgan fingerprint density at radius 1 is 0.957 bits per heavy atom. The quantitative estimate of drug-likeness (QED) is 0.253. The molecule has 0 aliphatic carbocycles. The van der Waals surface area contributed by atoms with E-state index in [0.29, 0.717) is 16.8 Å². The molecule has 47 heavy (non-hydrogen) atoms. The molecule has 0 fully saturated rings. The molecule has 1 amide bonds. The maximum absolute atomic E-state index is 13.1. The van der Waals surface area contributed by atoms with Crippen molar-refractivity contribution in [1.29, 1.82) is 0 Å². The van der Waals surface area contributed by atoms with Crippen LogP contribution in [-0.4, -0.2) is 47.7 Å². The fourth-order valence-corrected chi connectivity index (χ4v) is 6.42. The van der Waals surface area contributed by atoms with E-state index >= 15 is 0 Å². The molecule has 6 rings (SSSR count). The number of nitrogens with zero attached hydrogens (tertiary/aromatic N) is 2. The Kier molecular flexibility index (Phi) is 9.51. The topological polar surface area (TPSA) is 106 Å². The molecular weight excluding hydrogens is 612 g/mol. The SMILES string of the molecule is COc1cc2c(cc1OC)CN(CCc1ccc(NC(=O)c3cccc(C=c4[nH]c(=O)c(=Cc5cccs5)n(C)c4=O)c3)cc1)CC2. The largest absolute Gasteiger partial charge is 0.493 e. The van der Waals surface area contributed by atoms with Gasteiger partial charge < -0.3 is 24.3 Å². The van der Waals surface area contributed by atoms with E-state index in [4.69, 9.17) is 9.47 Å². The second-order valence-corrected chi connectivity index (χ2v) is 12.4. The fraction of sp³-hybridized carbons (Fsp3) is 0.216. The number of thiophene rings is 1. The number of hydrogen-bond donors (Lipinski definition) is 2. The lowest BCUT2D eigenvalue weighted by Gasteiger charge is -2.29. The lowest BCUT2D eigenvalue weighted by atomic mass is 9.98. The maximum atomic E-state index is 13.1. The highest BCUT2D eigenvalue weighted by molar-refractivity contribution is 7.10. The maximum Gasteiger partial charge on any atom is 0.274 e. The van der Waals surface area contributed by atoms with Gasteiger partial charge in [-0.05, 0) is 95.1 Å². The third-order valence-corrected chi connectivity index (χ3v) is 9.20. The predicted octanol–water partition coefficient (Wildman–Crippen LogP) is 3.66. The molecule has 3 aromatic carbocycles. The fourth-order valence-electron chi connectivity index (χ4n) is 5.76. The van der Waals surface area contributed by atoms with Crippen molar-refractivity contribution in [2.75, 3.05) is 32.6 Å². The van der Waals surface area contributed by atoms with Gasteiger partial charge in [-0.15, -0.1) is 11.3 Å². The van der Waals surface area contributed by atoms with Crippen LogP contribution >= 0.6 is 11.3 Å². The number of H-pyrrole nitrogens is 1. The molecule has 3 heterocycles. The first-order chi connectivity index (χ1) is 22.8. The number of rotatable bonds is 9. The van der Waals surface area contributed by atoms with Gasteiger partial charge in [-0.25, -0.2) is 0 Å². The average molecular weight is 649 g/mol. The number of fused-ring (bicyclic) bond motifs is 1. The molecule has 0 spiro atoms. The summed E-state index contributed by atoms with van der Waals surface area (Å²) in [6.45, 7) is 2.77. The van der Waals surface area contributed by atoms with Gasteiger partial charge in [-0.1, -0.05) is 30.3 Å². The molecule has 0 saturated heterocycles. The molecule has 2 N–H and O–H groups in total. The average Bonchev–Trinajstić information content (AvgIpc) is 3.61. The monoisotopic (exact) mass is 648 g/mol. The number of amides is 1. The Morgan fingerprint density at radius 2 is 1.72 bits per heavy atom. The zero-order valence-corrected chi connectivity index (χ0v) is 27.4. The van der Waals surface area contributed by atoms with Gasteiger partial charge in [0.05, 0.1) is 14.2 Å². The van der Waals surface area contributed by atoms with Crippen LogP contribution in [0.2, 0.25) is 0 Å². The third-order valence-electron chi connectivity index (χ3n) is 8.38. The van der Waals surface area contributed by atoms with Crippen LogP contribution in [0.1, 0.15) is 37.5 Å². The van der Waals surface area contributed by atoms with Crippen LogP contribution in [-0.2, 0) is 26.4 Å². The minimum Gasteiger partial charge on any atom is -0.493 e. The number of carbonyl (C=O) groups excluding carboxylic acids is 1. The summed E-state index contributed by atoms with van der Waals surface area (Å²) < 4.78 is 12.3. The van der Waals surface area contributed by atoms with E-state index in [9.17, 15) is 14.4 Å². The standard InChI is InChI=1S/C37H36N4O5S/c1-40-32(22-30-8-5-17-47-30)36(43)39-31(37(40)44)19-25-6-4-7-27(18-25)35(42)38-29-11-9-24(10-12-29)13-15-41-16-14-26-20-33(45-2)34(46-3)21-28(26)23-41/h4-12,17-22H,13-16,23H2,1-3H3,(H,38,42)(H,39,43). The third kappa shape index (κ3) is 7.29. The number of anilines is 1. The highest BCUT2D eigenvalue weighted by atomic mass is 32.1. The second kappa shape index (κ2) is 14.1. The van der Waals surface area contributed by atoms with Gasteiger partial charge in [0.25, 0.3) is 17.0 Å². The number of hydrogen-bond acceptors (Lipinski definition) is 7. The lowest BCUT2D eigenvalue weighted by Crippen LogP contribution is -2.52. The minimum absolute atomic E-state index is 0.141. The number of benzene rings is 3. The summed E-state index contributed by atoms with van der Waals surface area (Å²) in [7, 11) is 4.90. The summed E-state index contributed by atoms with van der Waals surface area (Å²) in [6.07, 6.45) is 5.13. The summed E-state index contributed by atoms with van der Waals surface area (Å²) in [5.41, 5.74) is 4.80. The first kappa shape index (κ1) is 31.8. The Bertz CT molecular complexity index is 2150. The van der Waals surface area contributed by atoms with Gasteiger partial charge in [-0.3, -0.25) is 19.3 Å². The lowest BCUT2D eigenvalue weighted by molar-refractivity contribution is 0.102. The van der Waals surface area contributed by atoms with Crippen molar-refractivity contribution in [1.82, 2.24) is 14.5 Å². The van der Waals surface area contributed by atoms with Crippen LogP contribution in [0, 0.1) is 0 Å². The van der Waals surface area contributed by atoms with Gasteiger partial charge in [0.15, 0.2) is 11.5 Å². The first-order valence-electron chi connectivity index (χ1n) is 15.3. The molecule has 0 atom stereocenters. The molecule has 240 valence electrons. The molecule has 0 saturated carbocycles. The summed E-state index contributed by atoms with van der Waals surface area (Å²) in [6, 6.07) is 22.8. The van der Waals surface area contributed by atoms with Crippen molar-refractivity contribution < 1.29 is 14.3 Å². The van der Waals surface area contributed by atoms with Gasteiger partial charge in [0.2, 0.25) is 0 Å². The van der Waals surface area contributed by atoms with Crippen molar-refractivity contribution in [3.63, 3.8) is 0 Å². The van der Waals surface area contributed by atoms with Crippen molar-refractivity contribution in [2.24, 2.45) is 7.05 Å². The van der Waals surface area contributed by atoms with E-state index in [1.165, 1.54) is 32.6 Å². The Morgan fingerprint density at radius 3 is 2.45 bits per heavy atom. The van der Waals surface area contributed by atoms with Crippen molar-refractivity contribution in [3.8, 4) is 11.5 Å². The first-order valence-corrected chi connectivity index (χ1v) is 16.2. The van der Waals surface area contributed by atoms with Gasteiger partial charge >= 0.3 is 0 Å². The van der Waals surface area contributed by atoms with Crippen LogP contribution in [0.5, 0.6) is 11.5 Å². The number of nitrogens with one attached hydrogen (secondary N) is 2. The summed E-state index contributed by atoms with van der Waals surface area (Å²) >= 11 is 1.48. The highest BCUT2D eigenvalue weighted by Gasteiger charge is 2.19. The minimum atomic E-state index is -0.368. The molecule has 2 aromatic heterocycles. The number of aromatic nitrogens is 2. The van der Waals surface area contributed by atoms with Crippen molar-refractivity contribution in [2.45, 2.75) is 19.4 Å². The van der Waals surface area contributed by atoms with Crippen LogP contribution in [0.25, 0.3) is 12.2 Å². The number of aromatic amines is 1. The van der Waals surface area contributed by atoms with E-state index < -0.39 is 0 Å². The van der Waals surface area contributed by atoms with Gasteiger partial charge in [-0.2, -0.15) is 0 Å². The Hall–Kier alpha value is -5.19. The van der Waals surface area contributed by atoms with Crippen LogP contribution in [0.4, 0.5) is 5.69 Å². The van der Waals surface area contributed by atoms with Crippen molar-refractivity contribution >= 4 is 35.1 Å². The zero-order chi connectivity index (χ0) is 32.9. The zero-order valence-electron chi connectivity index (χ0n) is 26.5. The molecular formula is C37H36N4O5S. The molecule has 9 nitrogen and oxygen atoms in total. The van der Waals surface area contributed by atoms with E-state index in [1.54, 1.807) is 57.7 Å². The van der Waals surface area contributed by atoms with Crippen molar-refractivity contribution in [3.05, 3.63) is 142 Å². The van der Waals surface area contributed by atoms with Crippen LogP contribution < -0.4 is 36.6 Å². The molecule has 0 radical (unpaired) electrons. The number of ether oxygens (including phenoxy) is 2. The van der Waals surface area contributed by atoms with E-state index in [1.807, 2.05) is 41.8 Å². The summed E-state index contributed by atoms with van der Waals surface area (Å²) in [5.74, 6) is 1.26. The van der Waals surface area contributed by atoms with E-state index in [-0.39, 0.29) is 27.7 Å². The van der Waals surface area contributed by atoms with Crippen LogP contribution in [0.3, 0.4) is 0 Å². The van der Waals surface area contributed by atoms with Crippen LogP contribution in [0.15, 0.2) is 87.8 Å². The van der Waals surface area contributed by atoms with E-state index in [2.05, 4.69) is 27.3 Å². The Balaban J connectivity index is 1.09. The summed E-state index contributed by atoms with van der Waals surface area (Å²) in [5, 5.41) is 5.28. The molecule has 1 aliphatic rings. The molecule has 1 aliphatic heterocycles. The Labute approximate surface area is 276 Å². The summed E-state index contributed by atoms with van der Waals surface area (Å²) in [4.78, 5) is 45.0. The number of carbonyl (C=O) groups is 1. The normalized spacial score (nSPS) is 13.8. The number of methoxy groups -OCH3 is 2. The predicted molar refractivity (Wildman–Crippen MR) is 186 cm³/mol. The van der Waals surface area contributed by atoms with Gasteiger partial charge in [0.1, 0.15) is 10.7 Å². The highest BCUT2D eigenvalue weighted by Crippen LogP contribution is 2.33. The van der Waals surface area contributed by atoms with E-state index in [0.717, 1.165) is 48.9 Å². The van der Waals surface area contributed by atoms with Gasteiger partial charge in [0, 0.05) is 42.8 Å². The smallest absolute Gasteiger partial charge is 0.274 e.